The van der Waals surface area contributed by atoms with Crippen molar-refractivity contribution in [3.05, 3.63) is 46.6 Å². The molecule has 8 heteroatoms. The van der Waals surface area contributed by atoms with E-state index in [2.05, 4.69) is 27.4 Å². The number of hydrogen-bond acceptors (Lipinski definition) is 4. The largest absolute Gasteiger partial charge is 0.369 e. The van der Waals surface area contributed by atoms with Gasteiger partial charge in [-0.25, -0.2) is 4.79 Å². The number of fused-ring (bicyclic) bond motifs is 1. The number of likely N-dealkylation sites (tertiary alicyclic amines) is 1. The van der Waals surface area contributed by atoms with Crippen LogP contribution in [0.15, 0.2) is 35.5 Å². The molecule has 2 atom stereocenters. The maximum absolute atomic E-state index is 12.6. The van der Waals surface area contributed by atoms with Crippen LogP contribution in [-0.4, -0.2) is 39.2 Å². The number of carbonyl (C=O) groups excluding carboxylic acids is 1. The number of aryl methyl sites for hydroxylation is 2. The van der Waals surface area contributed by atoms with E-state index >= 15 is 0 Å². The van der Waals surface area contributed by atoms with Crippen molar-refractivity contribution in [2.45, 2.75) is 19.6 Å². The number of nitrogens with one attached hydrogen (secondary N) is 1. The third-order valence-corrected chi connectivity index (χ3v) is 4.95. The molecule has 2 amide bonds. The van der Waals surface area contributed by atoms with Crippen LogP contribution in [0, 0.1) is 24.7 Å². The van der Waals surface area contributed by atoms with Crippen molar-refractivity contribution < 1.29 is 9.63 Å². The minimum absolute atomic E-state index is 0.0205. The molecule has 0 radical (unpaired) electrons. The summed E-state index contributed by atoms with van der Waals surface area (Å²) < 4.78 is 1.71. The fourth-order valence-electron chi connectivity index (χ4n) is 3.18. The summed E-state index contributed by atoms with van der Waals surface area (Å²) in [7, 11) is 1.83. The van der Waals surface area contributed by atoms with Crippen molar-refractivity contribution >= 4 is 29.2 Å². The molecular formula is C19H18ClN5O2. The number of anilines is 1. The fraction of sp³-hybridized carbons (Fsp3) is 0.316. The molecule has 138 valence electrons. The van der Waals surface area contributed by atoms with Crippen LogP contribution in [0.4, 0.5) is 10.6 Å². The molecule has 7 nitrogen and oxygen atoms in total. The normalized spacial score (nSPS) is 20.4. The van der Waals surface area contributed by atoms with Crippen molar-refractivity contribution in [2.75, 3.05) is 11.9 Å². The van der Waals surface area contributed by atoms with Gasteiger partial charge in [-0.05, 0) is 37.5 Å². The van der Waals surface area contributed by atoms with E-state index in [0.717, 1.165) is 17.7 Å². The Hall–Kier alpha value is -2.98. The number of carbonyl (C=O) groups is 1. The van der Waals surface area contributed by atoms with E-state index in [-0.39, 0.29) is 11.9 Å². The highest BCUT2D eigenvalue weighted by Crippen LogP contribution is 2.32. The maximum atomic E-state index is 12.6. The number of aromatic nitrogens is 2. The molecule has 2 aliphatic rings. The van der Waals surface area contributed by atoms with Gasteiger partial charge < -0.3 is 4.84 Å². The van der Waals surface area contributed by atoms with Crippen molar-refractivity contribution in [1.29, 1.82) is 0 Å². The summed E-state index contributed by atoms with van der Waals surface area (Å²) in [6, 6.07) is 8.90. The van der Waals surface area contributed by atoms with E-state index in [1.165, 1.54) is 0 Å². The van der Waals surface area contributed by atoms with Crippen LogP contribution in [0.25, 0.3) is 0 Å². The summed E-state index contributed by atoms with van der Waals surface area (Å²) in [4.78, 5) is 19.7. The summed E-state index contributed by atoms with van der Waals surface area (Å²) in [5.74, 6) is 6.61. The highest BCUT2D eigenvalue weighted by Gasteiger charge is 2.45. The summed E-state index contributed by atoms with van der Waals surface area (Å²) in [6.45, 7) is 2.50. The Kier molecular flexibility index (Phi) is 4.50. The lowest BCUT2D eigenvalue weighted by atomic mass is 10.0. The lowest BCUT2D eigenvalue weighted by molar-refractivity contribution is -0.00346. The Morgan fingerprint density at radius 1 is 1.37 bits per heavy atom. The predicted octanol–water partition coefficient (Wildman–Crippen LogP) is 3.00. The van der Waals surface area contributed by atoms with Gasteiger partial charge in [-0.2, -0.15) is 5.10 Å². The SMILES string of the molecule is Cc1cc(NC(=O)N2CCC3C(C#Cc4cccc(Cl)c4)=NOC32)nn1C. The third kappa shape index (κ3) is 3.49. The molecule has 1 saturated heterocycles. The monoisotopic (exact) mass is 383 g/mol. The van der Waals surface area contributed by atoms with Crippen LogP contribution < -0.4 is 5.32 Å². The molecule has 27 heavy (non-hydrogen) atoms. The smallest absolute Gasteiger partial charge is 0.326 e. The van der Waals surface area contributed by atoms with Gasteiger partial charge in [0.25, 0.3) is 0 Å². The second-order valence-corrected chi connectivity index (χ2v) is 6.98. The first-order chi connectivity index (χ1) is 13.0. The molecule has 0 spiro atoms. The molecule has 3 heterocycles. The summed E-state index contributed by atoms with van der Waals surface area (Å²) in [5.41, 5.74) is 2.43. The molecule has 1 N–H and O–H groups in total. The van der Waals surface area contributed by atoms with E-state index in [9.17, 15) is 4.79 Å². The first-order valence-electron chi connectivity index (χ1n) is 8.61. The number of amides is 2. The van der Waals surface area contributed by atoms with E-state index in [1.54, 1.807) is 21.7 Å². The molecule has 1 aromatic heterocycles. The molecule has 2 unspecified atom stereocenters. The summed E-state index contributed by atoms with van der Waals surface area (Å²) in [6.07, 6.45) is 0.320. The number of oxime groups is 1. The molecule has 1 fully saturated rings. The van der Waals surface area contributed by atoms with Crippen LogP contribution >= 0.6 is 11.6 Å². The molecular weight excluding hydrogens is 366 g/mol. The van der Waals surface area contributed by atoms with Crippen LogP contribution in [0.1, 0.15) is 17.7 Å². The molecule has 2 aromatic rings. The summed E-state index contributed by atoms with van der Waals surface area (Å²) in [5, 5.41) is 11.8. The van der Waals surface area contributed by atoms with Crippen molar-refractivity contribution in [1.82, 2.24) is 14.7 Å². The van der Waals surface area contributed by atoms with Crippen molar-refractivity contribution in [2.24, 2.45) is 18.1 Å². The standard InChI is InChI=1S/C19H18ClN5O2/c1-12-10-17(22-24(12)2)21-19(26)25-9-8-15-16(23-27-18(15)25)7-6-13-4-3-5-14(20)11-13/h3-5,10-11,15,18H,8-9H2,1-2H3,(H,21,22,26). The number of urea groups is 1. The first kappa shape index (κ1) is 17.4. The Labute approximate surface area is 161 Å². The second kappa shape index (κ2) is 6.97. The van der Waals surface area contributed by atoms with Crippen LogP contribution in [0.3, 0.4) is 0 Å². The second-order valence-electron chi connectivity index (χ2n) is 6.55. The van der Waals surface area contributed by atoms with Gasteiger partial charge in [-0.15, -0.1) is 0 Å². The molecule has 4 rings (SSSR count). The van der Waals surface area contributed by atoms with Crippen LogP contribution in [0.5, 0.6) is 0 Å². The van der Waals surface area contributed by atoms with Gasteiger partial charge in [0.1, 0.15) is 5.71 Å². The maximum Gasteiger partial charge on any atom is 0.326 e. The Morgan fingerprint density at radius 2 is 2.22 bits per heavy atom. The minimum Gasteiger partial charge on any atom is -0.369 e. The number of hydrogen-bond donors (Lipinski definition) is 1. The number of benzene rings is 1. The zero-order valence-electron chi connectivity index (χ0n) is 14.9. The highest BCUT2D eigenvalue weighted by molar-refractivity contribution is 6.30. The zero-order chi connectivity index (χ0) is 19.0. The Morgan fingerprint density at radius 3 is 2.96 bits per heavy atom. The fourth-order valence-corrected chi connectivity index (χ4v) is 3.37. The molecule has 0 aliphatic carbocycles. The average molecular weight is 384 g/mol. The topological polar surface area (TPSA) is 71.8 Å². The lowest BCUT2D eigenvalue weighted by Crippen LogP contribution is -2.40. The van der Waals surface area contributed by atoms with Gasteiger partial charge in [0, 0.05) is 35.9 Å². The quantitative estimate of drug-likeness (QED) is 0.769. The Balaban J connectivity index is 1.43. The Bertz CT molecular complexity index is 968. The van der Waals surface area contributed by atoms with Gasteiger partial charge in [0.05, 0.1) is 5.92 Å². The van der Waals surface area contributed by atoms with Gasteiger partial charge in [0.15, 0.2) is 5.82 Å². The minimum atomic E-state index is -0.432. The first-order valence-corrected chi connectivity index (χ1v) is 8.98. The van der Waals surface area contributed by atoms with Crippen molar-refractivity contribution in [3.8, 4) is 11.8 Å². The van der Waals surface area contributed by atoms with Gasteiger partial charge in [-0.1, -0.05) is 28.7 Å². The molecule has 0 bridgehead atoms. The number of nitrogens with zero attached hydrogens (tertiary/aromatic N) is 4. The van der Waals surface area contributed by atoms with Gasteiger partial charge in [-0.3, -0.25) is 14.9 Å². The molecule has 2 aliphatic heterocycles. The lowest BCUT2D eigenvalue weighted by Gasteiger charge is -2.21. The third-order valence-electron chi connectivity index (χ3n) is 4.71. The number of halogens is 1. The molecule has 0 saturated carbocycles. The van der Waals surface area contributed by atoms with E-state index in [1.807, 2.05) is 32.2 Å². The van der Waals surface area contributed by atoms with E-state index in [0.29, 0.717) is 23.1 Å². The zero-order valence-corrected chi connectivity index (χ0v) is 15.7. The number of rotatable bonds is 1. The highest BCUT2D eigenvalue weighted by atomic mass is 35.5. The van der Waals surface area contributed by atoms with Crippen molar-refractivity contribution in [3.63, 3.8) is 0 Å². The van der Waals surface area contributed by atoms with E-state index < -0.39 is 6.23 Å². The van der Waals surface area contributed by atoms with Crippen LogP contribution in [0.2, 0.25) is 5.02 Å². The molecule has 1 aromatic carbocycles. The summed E-state index contributed by atoms with van der Waals surface area (Å²) >= 11 is 5.98. The predicted molar refractivity (Wildman–Crippen MR) is 102 cm³/mol. The van der Waals surface area contributed by atoms with Gasteiger partial charge in [0.2, 0.25) is 6.23 Å². The van der Waals surface area contributed by atoms with Gasteiger partial charge >= 0.3 is 6.03 Å². The average Bonchev–Trinajstić information content (AvgIpc) is 3.29. The van der Waals surface area contributed by atoms with E-state index in [4.69, 9.17) is 16.4 Å². The van der Waals surface area contributed by atoms with Crippen LogP contribution in [-0.2, 0) is 11.9 Å².